The predicted octanol–water partition coefficient (Wildman–Crippen LogP) is 5.62. The third-order valence-electron chi connectivity index (χ3n) is 3.26. The summed E-state index contributed by atoms with van der Waals surface area (Å²) in [5.74, 6) is 0.876. The average molecular weight is 328 g/mol. The van der Waals surface area contributed by atoms with E-state index in [4.69, 9.17) is 4.74 Å². The van der Waals surface area contributed by atoms with Crippen molar-refractivity contribution in [2.75, 3.05) is 19.0 Å². The van der Waals surface area contributed by atoms with Gasteiger partial charge in [0.15, 0.2) is 0 Å². The first-order valence-electron chi connectivity index (χ1n) is 7.35. The molecule has 0 aromatic heterocycles. The van der Waals surface area contributed by atoms with E-state index >= 15 is 0 Å². The molecule has 3 heteroatoms. The molecule has 0 atom stereocenters. The van der Waals surface area contributed by atoms with Crippen LogP contribution < -0.4 is 10.1 Å². The Morgan fingerprint density at radius 2 is 1.74 bits per heavy atom. The smallest absolute Gasteiger partial charge is 0.133 e. The number of hydrogen-bond acceptors (Lipinski definition) is 2. The quantitative estimate of drug-likeness (QED) is 0.563. The molecule has 19 heavy (non-hydrogen) atoms. The van der Waals surface area contributed by atoms with Gasteiger partial charge in [-0.1, -0.05) is 45.4 Å². The second kappa shape index (κ2) is 10.1. The molecule has 0 heterocycles. The fourth-order valence-electron chi connectivity index (χ4n) is 2.09. The first kappa shape index (κ1) is 16.4. The molecule has 0 spiro atoms. The molecule has 0 aliphatic carbocycles. The topological polar surface area (TPSA) is 21.3 Å². The highest BCUT2D eigenvalue weighted by molar-refractivity contribution is 9.10. The van der Waals surface area contributed by atoms with Gasteiger partial charge in [-0.05, 0) is 40.5 Å². The Morgan fingerprint density at radius 3 is 2.37 bits per heavy atom. The summed E-state index contributed by atoms with van der Waals surface area (Å²) in [5, 5.41) is 3.45. The molecule has 1 aromatic rings. The number of hydrogen-bond donors (Lipinski definition) is 1. The Kier molecular flexibility index (Phi) is 8.72. The van der Waals surface area contributed by atoms with Gasteiger partial charge in [0.05, 0.1) is 11.6 Å². The summed E-state index contributed by atoms with van der Waals surface area (Å²) < 4.78 is 6.21. The van der Waals surface area contributed by atoms with Gasteiger partial charge in [0.25, 0.3) is 0 Å². The molecule has 0 amide bonds. The molecule has 0 bridgehead atoms. The van der Waals surface area contributed by atoms with Crippen LogP contribution in [0.25, 0.3) is 0 Å². The van der Waals surface area contributed by atoms with Gasteiger partial charge in [0.1, 0.15) is 5.75 Å². The summed E-state index contributed by atoms with van der Waals surface area (Å²) in [6.45, 7) is 3.31. The SMILES string of the molecule is CCCCCCCCCNc1ccc(OC)c(Br)c1. The summed E-state index contributed by atoms with van der Waals surface area (Å²) in [7, 11) is 1.69. The first-order chi connectivity index (χ1) is 9.27. The molecule has 1 aromatic carbocycles. The maximum Gasteiger partial charge on any atom is 0.133 e. The standard InChI is InChI=1S/C16H26BrNO/c1-3-4-5-6-7-8-9-12-18-14-10-11-16(19-2)15(17)13-14/h10-11,13,18H,3-9,12H2,1-2H3. The molecule has 1 rings (SSSR count). The third kappa shape index (κ3) is 6.86. The molecule has 0 saturated heterocycles. The summed E-state index contributed by atoms with van der Waals surface area (Å²) in [6, 6.07) is 6.11. The van der Waals surface area contributed by atoms with Gasteiger partial charge < -0.3 is 10.1 Å². The van der Waals surface area contributed by atoms with E-state index in [9.17, 15) is 0 Å². The molecule has 0 aliphatic rings. The van der Waals surface area contributed by atoms with Crippen LogP contribution in [-0.4, -0.2) is 13.7 Å². The van der Waals surface area contributed by atoms with E-state index in [0.717, 1.165) is 22.5 Å². The summed E-state index contributed by atoms with van der Waals surface area (Å²) >= 11 is 3.50. The molecule has 2 nitrogen and oxygen atoms in total. The predicted molar refractivity (Wildman–Crippen MR) is 87.2 cm³/mol. The van der Waals surface area contributed by atoms with Crippen molar-refractivity contribution in [3.05, 3.63) is 22.7 Å². The zero-order chi connectivity index (χ0) is 13.9. The number of nitrogens with one attached hydrogen (secondary N) is 1. The zero-order valence-electron chi connectivity index (χ0n) is 12.2. The molecule has 108 valence electrons. The zero-order valence-corrected chi connectivity index (χ0v) is 13.8. The number of anilines is 1. The first-order valence-corrected chi connectivity index (χ1v) is 8.14. The summed E-state index contributed by atoms with van der Waals surface area (Å²) in [4.78, 5) is 0. The van der Waals surface area contributed by atoms with Crippen molar-refractivity contribution >= 4 is 21.6 Å². The summed E-state index contributed by atoms with van der Waals surface area (Å²) in [6.07, 6.45) is 9.45. The second-order valence-electron chi connectivity index (χ2n) is 4.90. The van der Waals surface area contributed by atoms with Gasteiger partial charge in [-0.25, -0.2) is 0 Å². The second-order valence-corrected chi connectivity index (χ2v) is 5.75. The Labute approximate surface area is 126 Å². The fourth-order valence-corrected chi connectivity index (χ4v) is 2.63. The normalized spacial score (nSPS) is 10.5. The number of benzene rings is 1. The van der Waals surface area contributed by atoms with E-state index in [1.54, 1.807) is 7.11 Å². The van der Waals surface area contributed by atoms with Crippen LogP contribution in [0.5, 0.6) is 5.75 Å². The van der Waals surface area contributed by atoms with Crippen LogP contribution in [0.2, 0.25) is 0 Å². The van der Waals surface area contributed by atoms with Crippen LogP contribution in [0.4, 0.5) is 5.69 Å². The van der Waals surface area contributed by atoms with Crippen molar-refractivity contribution in [3.63, 3.8) is 0 Å². The van der Waals surface area contributed by atoms with Crippen molar-refractivity contribution < 1.29 is 4.74 Å². The maximum absolute atomic E-state index is 5.22. The highest BCUT2D eigenvalue weighted by Crippen LogP contribution is 2.27. The van der Waals surface area contributed by atoms with Gasteiger partial charge in [0, 0.05) is 12.2 Å². The third-order valence-corrected chi connectivity index (χ3v) is 3.88. The molecule has 0 aliphatic heterocycles. The van der Waals surface area contributed by atoms with Crippen molar-refractivity contribution in [1.29, 1.82) is 0 Å². The van der Waals surface area contributed by atoms with Gasteiger partial charge in [-0.15, -0.1) is 0 Å². The Bertz CT molecular complexity index is 355. The highest BCUT2D eigenvalue weighted by Gasteiger charge is 2.00. The number of unbranched alkanes of at least 4 members (excludes halogenated alkanes) is 6. The van der Waals surface area contributed by atoms with Gasteiger partial charge in [0.2, 0.25) is 0 Å². The van der Waals surface area contributed by atoms with E-state index in [1.807, 2.05) is 6.07 Å². The highest BCUT2D eigenvalue weighted by atomic mass is 79.9. The van der Waals surface area contributed by atoms with Crippen LogP contribution in [0.1, 0.15) is 51.9 Å². The van der Waals surface area contributed by atoms with Crippen LogP contribution >= 0.6 is 15.9 Å². The van der Waals surface area contributed by atoms with Gasteiger partial charge >= 0.3 is 0 Å². The van der Waals surface area contributed by atoms with Gasteiger partial charge in [-0.3, -0.25) is 0 Å². The van der Waals surface area contributed by atoms with Crippen molar-refractivity contribution in [2.45, 2.75) is 51.9 Å². The van der Waals surface area contributed by atoms with E-state index in [1.165, 1.54) is 44.9 Å². The van der Waals surface area contributed by atoms with Crippen LogP contribution in [0, 0.1) is 0 Å². The number of rotatable bonds is 10. The van der Waals surface area contributed by atoms with E-state index in [-0.39, 0.29) is 0 Å². The monoisotopic (exact) mass is 327 g/mol. The van der Waals surface area contributed by atoms with E-state index in [0.29, 0.717) is 0 Å². The van der Waals surface area contributed by atoms with Crippen molar-refractivity contribution in [3.8, 4) is 5.75 Å². The molecule has 1 N–H and O–H groups in total. The number of halogens is 1. The Balaban J connectivity index is 2.11. The lowest BCUT2D eigenvalue weighted by Gasteiger charge is -2.09. The van der Waals surface area contributed by atoms with Gasteiger partial charge in [-0.2, -0.15) is 0 Å². The molecule has 0 fully saturated rings. The molecule has 0 unspecified atom stereocenters. The van der Waals surface area contributed by atoms with Crippen LogP contribution in [0.3, 0.4) is 0 Å². The van der Waals surface area contributed by atoms with E-state index in [2.05, 4.69) is 40.3 Å². The van der Waals surface area contributed by atoms with Crippen LogP contribution in [0.15, 0.2) is 22.7 Å². The number of methoxy groups -OCH3 is 1. The molecule has 0 radical (unpaired) electrons. The largest absolute Gasteiger partial charge is 0.496 e. The lowest BCUT2D eigenvalue weighted by atomic mass is 10.1. The van der Waals surface area contributed by atoms with Crippen molar-refractivity contribution in [2.24, 2.45) is 0 Å². The average Bonchev–Trinajstić information content (AvgIpc) is 2.42. The molecular weight excluding hydrogens is 302 g/mol. The number of ether oxygens (including phenoxy) is 1. The fraction of sp³-hybridized carbons (Fsp3) is 0.625. The van der Waals surface area contributed by atoms with Crippen LogP contribution in [-0.2, 0) is 0 Å². The Hall–Kier alpha value is -0.700. The molecular formula is C16H26BrNO. The minimum atomic E-state index is 0.876. The summed E-state index contributed by atoms with van der Waals surface area (Å²) in [5.41, 5.74) is 1.15. The minimum absolute atomic E-state index is 0.876. The Morgan fingerprint density at radius 1 is 1.05 bits per heavy atom. The maximum atomic E-state index is 5.22. The lowest BCUT2D eigenvalue weighted by Crippen LogP contribution is -2.01. The lowest BCUT2D eigenvalue weighted by molar-refractivity contribution is 0.412. The minimum Gasteiger partial charge on any atom is -0.496 e. The van der Waals surface area contributed by atoms with Crippen molar-refractivity contribution in [1.82, 2.24) is 0 Å². The molecule has 0 saturated carbocycles. The van der Waals surface area contributed by atoms with E-state index < -0.39 is 0 Å².